The van der Waals surface area contributed by atoms with E-state index in [1.165, 1.54) is 64.2 Å². The summed E-state index contributed by atoms with van der Waals surface area (Å²) < 4.78 is 17.1. The molecule has 0 saturated heterocycles. The Morgan fingerprint density at radius 1 is 0.717 bits per heavy atom. The number of amides is 3. The van der Waals surface area contributed by atoms with Gasteiger partial charge in [-0.1, -0.05) is 104 Å². The van der Waals surface area contributed by atoms with Crippen LogP contribution in [0.5, 0.6) is 0 Å². The first-order valence-electron chi connectivity index (χ1n) is 24.8. The maximum atomic E-state index is 13.9. The van der Waals surface area contributed by atoms with E-state index in [0.717, 1.165) is 93.3 Å². The Balaban J connectivity index is 1.25. The van der Waals surface area contributed by atoms with Gasteiger partial charge in [-0.05, 0) is 152 Å². The van der Waals surface area contributed by atoms with Gasteiger partial charge in [-0.2, -0.15) is 0 Å². The zero-order valence-electron chi connectivity index (χ0n) is 40.5. The quantitative estimate of drug-likeness (QED) is 0.0677. The van der Waals surface area contributed by atoms with Crippen LogP contribution in [0.25, 0.3) is 0 Å². The summed E-state index contributed by atoms with van der Waals surface area (Å²) in [6.45, 7) is 26.0. The number of carbonyl (C=O) groups excluding carboxylic acids is 3. The molecule has 4 rings (SSSR count). The van der Waals surface area contributed by atoms with Crippen LogP contribution < -0.4 is 10.6 Å². The van der Waals surface area contributed by atoms with E-state index in [4.69, 9.17) is 14.2 Å². The van der Waals surface area contributed by atoms with Crippen LogP contribution in [-0.4, -0.2) is 66.7 Å². The lowest BCUT2D eigenvalue weighted by Gasteiger charge is -2.58. The van der Waals surface area contributed by atoms with Crippen LogP contribution in [0.2, 0.25) is 0 Å². The predicted octanol–water partition coefficient (Wildman–Crippen LogP) is 13.4. The summed E-state index contributed by atoms with van der Waals surface area (Å²) in [7, 11) is 0. The minimum Gasteiger partial charge on any atom is -0.446 e. The van der Waals surface area contributed by atoms with Gasteiger partial charge >= 0.3 is 18.3 Å². The van der Waals surface area contributed by atoms with Gasteiger partial charge in [0, 0.05) is 32.6 Å². The Morgan fingerprint density at radius 2 is 1.30 bits per heavy atom. The fourth-order valence-corrected chi connectivity index (χ4v) is 12.0. The second kappa shape index (κ2) is 22.8. The standard InChI is InChI=1S/C51H91N3O6/c1-37(2)22-20-23-38(3)42-26-27-43-41-25-24-39-36-40(28-30-50(39,10)44(41)29-31-51(42,43)11)58-47(57)54(35-21-33-53-46(56)60-49(7,8)9)34-19-17-15-13-12-14-16-18-32-52-45(55)59-48(4,5)6/h24,37-38,40-44H,12-23,25-36H2,1-11H3,(H,52,55)(H,53,56)/t38-,40+,41+,42-,43+,44+,50+,51-/m1/s1. The smallest absolute Gasteiger partial charge is 0.410 e. The summed E-state index contributed by atoms with van der Waals surface area (Å²) in [5.74, 6) is 4.89. The first kappa shape index (κ1) is 50.2. The van der Waals surface area contributed by atoms with Crippen molar-refractivity contribution in [2.45, 2.75) is 222 Å². The highest BCUT2D eigenvalue weighted by Crippen LogP contribution is 2.67. The van der Waals surface area contributed by atoms with E-state index in [1.54, 1.807) is 5.57 Å². The molecule has 4 aliphatic rings. The lowest BCUT2D eigenvalue weighted by Crippen LogP contribution is -2.51. The van der Waals surface area contributed by atoms with Crippen LogP contribution in [0.1, 0.15) is 205 Å². The number of unbranched alkanes of at least 4 members (excludes halogenated alkanes) is 7. The summed E-state index contributed by atoms with van der Waals surface area (Å²) in [4.78, 5) is 39.9. The maximum absolute atomic E-state index is 13.9. The van der Waals surface area contributed by atoms with E-state index >= 15 is 0 Å². The minimum atomic E-state index is -0.549. The largest absolute Gasteiger partial charge is 0.446 e. The van der Waals surface area contributed by atoms with Gasteiger partial charge in [-0.25, -0.2) is 14.4 Å². The predicted molar refractivity (Wildman–Crippen MR) is 245 cm³/mol. The Labute approximate surface area is 367 Å². The van der Waals surface area contributed by atoms with Crippen LogP contribution in [0, 0.1) is 46.3 Å². The minimum absolute atomic E-state index is 0.0773. The number of hydrogen-bond acceptors (Lipinski definition) is 6. The van der Waals surface area contributed by atoms with E-state index in [0.29, 0.717) is 38.0 Å². The zero-order chi connectivity index (χ0) is 44.1. The molecule has 3 fully saturated rings. The molecule has 0 heterocycles. The molecule has 346 valence electrons. The molecule has 0 radical (unpaired) electrons. The van der Waals surface area contributed by atoms with Crippen molar-refractivity contribution in [3.8, 4) is 0 Å². The van der Waals surface area contributed by atoms with E-state index < -0.39 is 17.3 Å². The molecule has 9 nitrogen and oxygen atoms in total. The van der Waals surface area contributed by atoms with Gasteiger partial charge in [-0.3, -0.25) is 0 Å². The summed E-state index contributed by atoms with van der Waals surface area (Å²) >= 11 is 0. The Hall–Kier alpha value is -2.45. The summed E-state index contributed by atoms with van der Waals surface area (Å²) in [6, 6.07) is 0. The summed E-state index contributed by atoms with van der Waals surface area (Å²) in [5, 5.41) is 5.70. The van der Waals surface area contributed by atoms with E-state index in [2.05, 4.69) is 51.3 Å². The highest BCUT2D eigenvalue weighted by molar-refractivity contribution is 5.68. The van der Waals surface area contributed by atoms with Crippen LogP contribution >= 0.6 is 0 Å². The molecule has 3 amide bonds. The van der Waals surface area contributed by atoms with Crippen molar-refractivity contribution in [3.05, 3.63) is 11.6 Å². The molecule has 3 saturated carbocycles. The molecular formula is C51H91N3O6. The third-order valence-corrected chi connectivity index (χ3v) is 15.1. The number of carbonyl (C=O) groups is 3. The van der Waals surface area contributed by atoms with E-state index in [1.807, 2.05) is 46.4 Å². The number of fused-ring (bicyclic) bond motifs is 5. The Kier molecular flexibility index (Phi) is 19.0. The molecule has 0 unspecified atom stereocenters. The van der Waals surface area contributed by atoms with Crippen molar-refractivity contribution >= 4 is 18.3 Å². The van der Waals surface area contributed by atoms with Gasteiger partial charge < -0.3 is 29.7 Å². The second-order valence-corrected chi connectivity index (χ2v) is 22.6. The number of nitrogens with one attached hydrogen (secondary N) is 2. The highest BCUT2D eigenvalue weighted by Gasteiger charge is 2.59. The number of nitrogens with zero attached hydrogens (tertiary/aromatic N) is 1. The third-order valence-electron chi connectivity index (χ3n) is 15.1. The molecule has 0 spiro atoms. The fourth-order valence-electron chi connectivity index (χ4n) is 12.0. The average Bonchev–Trinajstić information content (AvgIpc) is 3.50. The maximum Gasteiger partial charge on any atom is 0.410 e. The van der Waals surface area contributed by atoms with Gasteiger partial charge in [-0.15, -0.1) is 0 Å². The summed E-state index contributed by atoms with van der Waals surface area (Å²) in [5.41, 5.74) is 1.24. The van der Waals surface area contributed by atoms with Crippen LogP contribution in [0.3, 0.4) is 0 Å². The van der Waals surface area contributed by atoms with E-state index in [9.17, 15) is 14.4 Å². The first-order chi connectivity index (χ1) is 28.2. The first-order valence-corrected chi connectivity index (χ1v) is 24.8. The molecule has 0 aromatic rings. The third kappa shape index (κ3) is 15.1. The van der Waals surface area contributed by atoms with Gasteiger partial charge in [0.05, 0.1) is 0 Å². The number of alkyl carbamates (subject to hydrolysis) is 2. The average molecular weight is 842 g/mol. The molecule has 0 bridgehead atoms. The van der Waals surface area contributed by atoms with Crippen LogP contribution in [0.4, 0.5) is 14.4 Å². The lowest BCUT2D eigenvalue weighted by molar-refractivity contribution is -0.0593. The van der Waals surface area contributed by atoms with Gasteiger partial charge in [0.2, 0.25) is 0 Å². The fraction of sp³-hybridized carbons (Fsp3) is 0.902. The van der Waals surface area contributed by atoms with Crippen molar-refractivity contribution in [1.82, 2.24) is 15.5 Å². The normalized spacial score (nSPS) is 28.1. The molecule has 0 aromatic heterocycles. The molecule has 60 heavy (non-hydrogen) atoms. The monoisotopic (exact) mass is 842 g/mol. The Morgan fingerprint density at radius 3 is 1.92 bits per heavy atom. The topological polar surface area (TPSA) is 106 Å². The number of allylic oxidation sites excluding steroid dienone is 1. The molecule has 4 aliphatic carbocycles. The number of hydrogen-bond donors (Lipinski definition) is 2. The van der Waals surface area contributed by atoms with Crippen molar-refractivity contribution in [1.29, 1.82) is 0 Å². The van der Waals surface area contributed by atoms with Gasteiger partial charge in [0.1, 0.15) is 17.3 Å². The van der Waals surface area contributed by atoms with Crippen molar-refractivity contribution in [2.24, 2.45) is 46.3 Å². The van der Waals surface area contributed by atoms with Crippen molar-refractivity contribution in [3.63, 3.8) is 0 Å². The number of rotatable bonds is 21. The van der Waals surface area contributed by atoms with E-state index in [-0.39, 0.29) is 23.7 Å². The molecule has 8 atom stereocenters. The molecular weight excluding hydrogens is 751 g/mol. The van der Waals surface area contributed by atoms with Crippen molar-refractivity contribution in [2.75, 3.05) is 26.2 Å². The van der Waals surface area contributed by atoms with Gasteiger partial charge in [0.25, 0.3) is 0 Å². The highest BCUT2D eigenvalue weighted by atomic mass is 16.6. The molecule has 0 aliphatic heterocycles. The number of ether oxygens (including phenoxy) is 3. The SMILES string of the molecule is CC(C)CCC[C@@H](C)[C@H]1CC[C@H]2[C@@H]3CC=C4C[C@@H](OC(=O)N(CCCCCCCCCCNC(=O)OC(C)(C)C)CCCNC(=O)OC(C)(C)C)CC[C@]4(C)[C@H]3CC[C@]12C. The van der Waals surface area contributed by atoms with Crippen LogP contribution in [-0.2, 0) is 14.2 Å². The Bertz CT molecular complexity index is 1380. The van der Waals surface area contributed by atoms with Gasteiger partial charge in [0.15, 0.2) is 0 Å². The second-order valence-electron chi connectivity index (χ2n) is 22.6. The molecule has 2 N–H and O–H groups in total. The van der Waals surface area contributed by atoms with Crippen molar-refractivity contribution < 1.29 is 28.6 Å². The lowest BCUT2D eigenvalue weighted by atomic mass is 9.47. The molecule has 9 heteroatoms. The summed E-state index contributed by atoms with van der Waals surface area (Å²) in [6.07, 6.45) is 24.7. The van der Waals surface area contributed by atoms with Crippen LogP contribution in [0.15, 0.2) is 11.6 Å². The molecule has 0 aromatic carbocycles. The zero-order valence-corrected chi connectivity index (χ0v) is 40.5.